The Kier molecular flexibility index (Phi) is 4.77. The number of halogens is 1. The SMILES string of the molecule is CCOC1CCCN(c2ccc(C(C)N)cc2F)C1. The monoisotopic (exact) mass is 266 g/mol. The summed E-state index contributed by atoms with van der Waals surface area (Å²) in [4.78, 5) is 2.07. The number of piperidine rings is 1. The molecule has 2 rings (SSSR count). The van der Waals surface area contributed by atoms with Gasteiger partial charge in [-0.25, -0.2) is 4.39 Å². The van der Waals surface area contributed by atoms with E-state index in [2.05, 4.69) is 4.90 Å². The molecule has 1 fully saturated rings. The molecule has 19 heavy (non-hydrogen) atoms. The fourth-order valence-electron chi connectivity index (χ4n) is 2.59. The smallest absolute Gasteiger partial charge is 0.146 e. The van der Waals surface area contributed by atoms with Crippen LogP contribution < -0.4 is 10.6 Å². The molecule has 0 aromatic heterocycles. The number of ether oxygens (including phenoxy) is 1. The second-order valence-electron chi connectivity index (χ2n) is 5.17. The molecule has 1 saturated heterocycles. The summed E-state index contributed by atoms with van der Waals surface area (Å²) in [6.45, 7) is 6.22. The van der Waals surface area contributed by atoms with Crippen molar-refractivity contribution in [1.29, 1.82) is 0 Å². The van der Waals surface area contributed by atoms with Crippen LogP contribution in [0.15, 0.2) is 18.2 Å². The maximum atomic E-state index is 14.2. The first kappa shape index (κ1) is 14.3. The van der Waals surface area contributed by atoms with Crippen molar-refractivity contribution in [3.63, 3.8) is 0 Å². The lowest BCUT2D eigenvalue weighted by atomic mass is 10.0. The standard InChI is InChI=1S/C15H23FN2O/c1-3-19-13-5-4-8-18(10-13)15-7-6-12(11(2)17)9-14(15)16/h6-7,9,11,13H,3-5,8,10,17H2,1-2H3. The van der Waals surface area contributed by atoms with E-state index in [0.717, 1.165) is 31.5 Å². The Labute approximate surface area is 114 Å². The van der Waals surface area contributed by atoms with Crippen LogP contribution in [0.2, 0.25) is 0 Å². The Hall–Kier alpha value is -1.13. The molecule has 1 aliphatic heterocycles. The average Bonchev–Trinajstić information content (AvgIpc) is 2.39. The number of rotatable bonds is 4. The van der Waals surface area contributed by atoms with Gasteiger partial charge in [0, 0.05) is 25.7 Å². The third kappa shape index (κ3) is 3.45. The van der Waals surface area contributed by atoms with Crippen LogP contribution in [0.25, 0.3) is 0 Å². The van der Waals surface area contributed by atoms with Gasteiger partial charge >= 0.3 is 0 Å². The molecule has 2 N–H and O–H groups in total. The van der Waals surface area contributed by atoms with Gasteiger partial charge in [0.25, 0.3) is 0 Å². The van der Waals surface area contributed by atoms with E-state index in [1.54, 1.807) is 6.07 Å². The number of anilines is 1. The van der Waals surface area contributed by atoms with Crippen LogP contribution in [0, 0.1) is 5.82 Å². The molecule has 4 heteroatoms. The molecule has 2 unspecified atom stereocenters. The zero-order chi connectivity index (χ0) is 13.8. The zero-order valence-electron chi connectivity index (χ0n) is 11.7. The van der Waals surface area contributed by atoms with Crippen molar-refractivity contribution in [2.75, 3.05) is 24.6 Å². The quantitative estimate of drug-likeness (QED) is 0.910. The molecule has 0 radical (unpaired) electrons. The molecule has 1 heterocycles. The first-order valence-electron chi connectivity index (χ1n) is 7.03. The van der Waals surface area contributed by atoms with Crippen LogP contribution in [0.3, 0.4) is 0 Å². The molecule has 1 aliphatic rings. The van der Waals surface area contributed by atoms with Crippen LogP contribution in [0.5, 0.6) is 0 Å². The van der Waals surface area contributed by atoms with Crippen molar-refractivity contribution < 1.29 is 9.13 Å². The number of benzene rings is 1. The average molecular weight is 266 g/mol. The van der Waals surface area contributed by atoms with Gasteiger partial charge in [0.2, 0.25) is 0 Å². The van der Waals surface area contributed by atoms with Crippen molar-refractivity contribution in [1.82, 2.24) is 0 Å². The molecular weight excluding hydrogens is 243 g/mol. The van der Waals surface area contributed by atoms with E-state index in [1.165, 1.54) is 0 Å². The lowest BCUT2D eigenvalue weighted by Crippen LogP contribution is -2.40. The minimum absolute atomic E-state index is 0.138. The van der Waals surface area contributed by atoms with E-state index in [1.807, 2.05) is 26.0 Å². The fraction of sp³-hybridized carbons (Fsp3) is 0.600. The number of hydrogen-bond acceptors (Lipinski definition) is 3. The molecule has 1 aromatic carbocycles. The fourth-order valence-corrected chi connectivity index (χ4v) is 2.59. The Morgan fingerprint density at radius 3 is 2.95 bits per heavy atom. The summed E-state index contributed by atoms with van der Waals surface area (Å²) in [6.07, 6.45) is 2.31. The summed E-state index contributed by atoms with van der Waals surface area (Å²) in [6, 6.07) is 5.15. The van der Waals surface area contributed by atoms with Crippen LogP contribution in [-0.4, -0.2) is 25.8 Å². The molecule has 0 saturated carbocycles. The van der Waals surface area contributed by atoms with E-state index >= 15 is 0 Å². The van der Waals surface area contributed by atoms with E-state index in [0.29, 0.717) is 12.3 Å². The summed E-state index contributed by atoms with van der Waals surface area (Å²) >= 11 is 0. The highest BCUT2D eigenvalue weighted by molar-refractivity contribution is 5.50. The summed E-state index contributed by atoms with van der Waals surface area (Å²) in [5.41, 5.74) is 7.27. The maximum absolute atomic E-state index is 14.2. The second kappa shape index (κ2) is 6.35. The van der Waals surface area contributed by atoms with Gasteiger partial charge in [-0.1, -0.05) is 6.07 Å². The van der Waals surface area contributed by atoms with Gasteiger partial charge in [-0.05, 0) is 44.4 Å². The second-order valence-corrected chi connectivity index (χ2v) is 5.17. The summed E-state index contributed by atoms with van der Waals surface area (Å²) < 4.78 is 19.8. The topological polar surface area (TPSA) is 38.5 Å². The lowest BCUT2D eigenvalue weighted by molar-refractivity contribution is 0.0525. The highest BCUT2D eigenvalue weighted by Gasteiger charge is 2.22. The van der Waals surface area contributed by atoms with Gasteiger partial charge < -0.3 is 15.4 Å². The predicted molar refractivity (Wildman–Crippen MR) is 75.9 cm³/mol. The molecule has 0 amide bonds. The minimum atomic E-state index is -0.188. The van der Waals surface area contributed by atoms with Gasteiger partial charge in [0.05, 0.1) is 11.8 Å². The van der Waals surface area contributed by atoms with Crippen molar-refractivity contribution in [2.45, 2.75) is 38.8 Å². The summed E-state index contributed by atoms with van der Waals surface area (Å²) in [5.74, 6) is -0.188. The Balaban J connectivity index is 2.12. The third-order valence-electron chi connectivity index (χ3n) is 3.62. The van der Waals surface area contributed by atoms with Crippen molar-refractivity contribution in [3.8, 4) is 0 Å². The van der Waals surface area contributed by atoms with E-state index in [4.69, 9.17) is 10.5 Å². The van der Waals surface area contributed by atoms with Crippen molar-refractivity contribution in [3.05, 3.63) is 29.6 Å². The lowest BCUT2D eigenvalue weighted by Gasteiger charge is -2.34. The molecular formula is C15H23FN2O. The highest BCUT2D eigenvalue weighted by Crippen LogP contribution is 2.26. The van der Waals surface area contributed by atoms with Gasteiger partial charge in [-0.2, -0.15) is 0 Å². The van der Waals surface area contributed by atoms with Crippen LogP contribution in [0.4, 0.5) is 10.1 Å². The predicted octanol–water partition coefficient (Wildman–Crippen LogP) is 2.85. The molecule has 3 nitrogen and oxygen atoms in total. The van der Waals surface area contributed by atoms with Gasteiger partial charge in [0.15, 0.2) is 0 Å². The molecule has 2 atom stereocenters. The minimum Gasteiger partial charge on any atom is -0.377 e. The number of nitrogens with zero attached hydrogens (tertiary/aromatic N) is 1. The third-order valence-corrected chi connectivity index (χ3v) is 3.62. The van der Waals surface area contributed by atoms with Gasteiger partial charge in [-0.3, -0.25) is 0 Å². The number of hydrogen-bond donors (Lipinski definition) is 1. The Morgan fingerprint density at radius 2 is 2.32 bits per heavy atom. The molecule has 1 aromatic rings. The molecule has 0 aliphatic carbocycles. The first-order chi connectivity index (χ1) is 9.11. The number of nitrogens with two attached hydrogens (primary N) is 1. The molecule has 0 bridgehead atoms. The largest absolute Gasteiger partial charge is 0.377 e. The van der Waals surface area contributed by atoms with E-state index in [9.17, 15) is 4.39 Å². The molecule has 106 valence electrons. The van der Waals surface area contributed by atoms with E-state index < -0.39 is 0 Å². The van der Waals surface area contributed by atoms with Crippen LogP contribution >= 0.6 is 0 Å². The summed E-state index contributed by atoms with van der Waals surface area (Å²) in [7, 11) is 0. The normalized spacial score (nSPS) is 21.5. The van der Waals surface area contributed by atoms with Crippen LogP contribution in [-0.2, 0) is 4.74 Å². The Morgan fingerprint density at radius 1 is 1.53 bits per heavy atom. The molecule has 0 spiro atoms. The van der Waals surface area contributed by atoms with Crippen LogP contribution in [0.1, 0.15) is 38.3 Å². The Bertz CT molecular complexity index is 421. The van der Waals surface area contributed by atoms with Crippen molar-refractivity contribution in [2.24, 2.45) is 5.73 Å². The summed E-state index contributed by atoms with van der Waals surface area (Å²) in [5, 5.41) is 0. The zero-order valence-corrected chi connectivity index (χ0v) is 11.7. The first-order valence-corrected chi connectivity index (χ1v) is 7.03. The van der Waals surface area contributed by atoms with Crippen molar-refractivity contribution >= 4 is 5.69 Å². The highest BCUT2D eigenvalue weighted by atomic mass is 19.1. The van der Waals surface area contributed by atoms with E-state index in [-0.39, 0.29) is 18.0 Å². The van der Waals surface area contributed by atoms with Gasteiger partial charge in [-0.15, -0.1) is 0 Å². The van der Waals surface area contributed by atoms with Gasteiger partial charge in [0.1, 0.15) is 5.82 Å². The maximum Gasteiger partial charge on any atom is 0.146 e.